The SMILES string of the molecule is COCC(C)(NC(=O)c1ccc(CNS(C)(=O)=O)o1)c1ccccc1. The van der Waals surface area contributed by atoms with Crippen molar-refractivity contribution in [3.05, 3.63) is 59.5 Å². The first-order valence-electron chi connectivity index (χ1n) is 7.64. The summed E-state index contributed by atoms with van der Waals surface area (Å²) in [5.74, 6) is 0.0429. The molecular formula is C17H22N2O5S. The van der Waals surface area contributed by atoms with Crippen molar-refractivity contribution in [3.8, 4) is 0 Å². The zero-order valence-electron chi connectivity index (χ0n) is 14.4. The first-order valence-corrected chi connectivity index (χ1v) is 9.53. The molecule has 0 spiro atoms. The van der Waals surface area contributed by atoms with E-state index in [-0.39, 0.29) is 18.9 Å². The van der Waals surface area contributed by atoms with Crippen LogP contribution >= 0.6 is 0 Å². The molecule has 1 amide bonds. The lowest BCUT2D eigenvalue weighted by Gasteiger charge is -2.30. The Balaban J connectivity index is 2.13. The van der Waals surface area contributed by atoms with Crippen LogP contribution in [0.5, 0.6) is 0 Å². The third-order valence-corrected chi connectivity index (χ3v) is 4.30. The van der Waals surface area contributed by atoms with Crippen molar-refractivity contribution in [1.82, 2.24) is 10.0 Å². The van der Waals surface area contributed by atoms with E-state index in [1.54, 1.807) is 13.2 Å². The van der Waals surface area contributed by atoms with Gasteiger partial charge in [-0.15, -0.1) is 0 Å². The molecule has 0 aliphatic rings. The van der Waals surface area contributed by atoms with Crippen LogP contribution in [0.4, 0.5) is 0 Å². The molecule has 0 saturated heterocycles. The molecule has 0 aliphatic heterocycles. The van der Waals surface area contributed by atoms with Gasteiger partial charge in [0.25, 0.3) is 5.91 Å². The predicted molar refractivity (Wildman–Crippen MR) is 93.5 cm³/mol. The van der Waals surface area contributed by atoms with E-state index >= 15 is 0 Å². The number of amides is 1. The second kappa shape index (κ2) is 7.81. The Morgan fingerprint density at radius 3 is 2.48 bits per heavy atom. The largest absolute Gasteiger partial charge is 0.455 e. The van der Waals surface area contributed by atoms with Gasteiger partial charge in [-0.3, -0.25) is 4.79 Å². The van der Waals surface area contributed by atoms with Crippen molar-refractivity contribution < 1.29 is 22.4 Å². The van der Waals surface area contributed by atoms with Gasteiger partial charge < -0.3 is 14.5 Å². The standard InChI is InChI=1S/C17H22N2O5S/c1-17(12-23-2,13-7-5-4-6-8-13)19-16(20)15-10-9-14(24-15)11-18-25(3,21)22/h4-10,18H,11-12H2,1-3H3,(H,19,20). The Labute approximate surface area is 147 Å². The monoisotopic (exact) mass is 366 g/mol. The van der Waals surface area contributed by atoms with Crippen LogP contribution in [0, 0.1) is 0 Å². The quantitative estimate of drug-likeness (QED) is 0.740. The number of benzene rings is 1. The van der Waals surface area contributed by atoms with Crippen molar-refractivity contribution in [2.75, 3.05) is 20.0 Å². The third kappa shape index (κ3) is 5.42. The summed E-state index contributed by atoms with van der Waals surface area (Å²) >= 11 is 0. The van der Waals surface area contributed by atoms with Crippen molar-refractivity contribution in [2.24, 2.45) is 0 Å². The van der Waals surface area contributed by atoms with Crippen LogP contribution in [-0.2, 0) is 26.8 Å². The molecule has 0 radical (unpaired) electrons. The summed E-state index contributed by atoms with van der Waals surface area (Å²) in [5, 5.41) is 2.92. The van der Waals surface area contributed by atoms with Crippen molar-refractivity contribution in [3.63, 3.8) is 0 Å². The van der Waals surface area contributed by atoms with E-state index in [1.807, 2.05) is 37.3 Å². The van der Waals surface area contributed by atoms with Gasteiger partial charge in [-0.05, 0) is 24.6 Å². The van der Waals surface area contributed by atoms with Crippen LogP contribution in [0.1, 0.15) is 28.8 Å². The first kappa shape index (κ1) is 19.2. The van der Waals surface area contributed by atoms with Gasteiger partial charge in [0.05, 0.1) is 24.9 Å². The van der Waals surface area contributed by atoms with Gasteiger partial charge in [0.2, 0.25) is 10.0 Å². The molecule has 2 rings (SSSR count). The molecular weight excluding hydrogens is 344 g/mol. The molecule has 0 fully saturated rings. The molecule has 0 aliphatic carbocycles. The number of hydrogen-bond donors (Lipinski definition) is 2. The topological polar surface area (TPSA) is 97.6 Å². The van der Waals surface area contributed by atoms with Crippen LogP contribution in [-0.4, -0.2) is 34.3 Å². The van der Waals surface area contributed by atoms with E-state index in [2.05, 4.69) is 10.0 Å². The highest BCUT2D eigenvalue weighted by Gasteiger charge is 2.30. The average molecular weight is 366 g/mol. The Morgan fingerprint density at radius 2 is 1.88 bits per heavy atom. The summed E-state index contributed by atoms with van der Waals surface area (Å²) < 4.78 is 35.2. The van der Waals surface area contributed by atoms with Gasteiger partial charge in [-0.1, -0.05) is 30.3 Å². The highest BCUT2D eigenvalue weighted by molar-refractivity contribution is 7.88. The minimum absolute atomic E-state index is 0.0138. The molecule has 0 bridgehead atoms. The fourth-order valence-corrected chi connectivity index (χ4v) is 2.80. The molecule has 1 aromatic heterocycles. The van der Waals surface area contributed by atoms with Gasteiger partial charge in [0.1, 0.15) is 5.76 Å². The number of methoxy groups -OCH3 is 1. The number of carbonyl (C=O) groups excluding carboxylic acids is 1. The molecule has 1 unspecified atom stereocenters. The molecule has 0 saturated carbocycles. The number of carbonyl (C=O) groups is 1. The molecule has 1 aromatic carbocycles. The van der Waals surface area contributed by atoms with E-state index in [9.17, 15) is 13.2 Å². The number of sulfonamides is 1. The summed E-state index contributed by atoms with van der Waals surface area (Å²) in [5.41, 5.74) is 0.168. The van der Waals surface area contributed by atoms with E-state index < -0.39 is 21.5 Å². The molecule has 7 nitrogen and oxygen atoms in total. The number of nitrogens with one attached hydrogen (secondary N) is 2. The zero-order valence-corrected chi connectivity index (χ0v) is 15.2. The van der Waals surface area contributed by atoms with Gasteiger partial charge in [-0.2, -0.15) is 0 Å². The first-order chi connectivity index (χ1) is 11.7. The molecule has 25 heavy (non-hydrogen) atoms. The Morgan fingerprint density at radius 1 is 1.20 bits per heavy atom. The third-order valence-electron chi connectivity index (χ3n) is 3.63. The number of rotatable bonds is 8. The van der Waals surface area contributed by atoms with Crippen LogP contribution in [0.3, 0.4) is 0 Å². The minimum atomic E-state index is -3.33. The summed E-state index contributed by atoms with van der Waals surface area (Å²) in [6, 6.07) is 12.5. The number of ether oxygens (including phenoxy) is 1. The highest BCUT2D eigenvalue weighted by Crippen LogP contribution is 2.22. The van der Waals surface area contributed by atoms with Crippen LogP contribution in [0.25, 0.3) is 0 Å². The smallest absolute Gasteiger partial charge is 0.287 e. The second-order valence-corrected chi connectivity index (χ2v) is 7.78. The summed E-state index contributed by atoms with van der Waals surface area (Å²) in [6.45, 7) is 2.13. The maximum absolute atomic E-state index is 12.5. The fraction of sp³-hybridized carbons (Fsp3) is 0.353. The van der Waals surface area contributed by atoms with Crippen molar-refractivity contribution in [1.29, 1.82) is 0 Å². The summed E-state index contributed by atoms with van der Waals surface area (Å²) in [4.78, 5) is 12.5. The highest BCUT2D eigenvalue weighted by atomic mass is 32.2. The minimum Gasteiger partial charge on any atom is -0.455 e. The zero-order chi connectivity index (χ0) is 18.5. The maximum Gasteiger partial charge on any atom is 0.287 e. The fourth-order valence-electron chi connectivity index (χ4n) is 2.40. The second-order valence-electron chi connectivity index (χ2n) is 5.94. The predicted octanol–water partition coefficient (Wildman–Crippen LogP) is 1.62. The van der Waals surface area contributed by atoms with Crippen molar-refractivity contribution in [2.45, 2.75) is 19.0 Å². The van der Waals surface area contributed by atoms with E-state index in [0.29, 0.717) is 5.76 Å². The van der Waals surface area contributed by atoms with Crippen LogP contribution < -0.4 is 10.0 Å². The molecule has 2 aromatic rings. The summed E-state index contributed by atoms with van der Waals surface area (Å²) in [7, 11) is -1.77. The Bertz CT molecular complexity index is 817. The van der Waals surface area contributed by atoms with Gasteiger partial charge in [0.15, 0.2) is 5.76 Å². The Kier molecular flexibility index (Phi) is 5.99. The normalized spacial score (nSPS) is 14.0. The lowest BCUT2D eigenvalue weighted by molar-refractivity contribution is 0.0759. The maximum atomic E-state index is 12.5. The molecule has 8 heteroatoms. The Hall–Kier alpha value is -2.16. The molecule has 136 valence electrons. The van der Waals surface area contributed by atoms with E-state index in [1.165, 1.54) is 6.07 Å². The van der Waals surface area contributed by atoms with Gasteiger partial charge >= 0.3 is 0 Å². The lowest BCUT2D eigenvalue weighted by Crippen LogP contribution is -2.46. The van der Waals surface area contributed by atoms with Crippen LogP contribution in [0.2, 0.25) is 0 Å². The van der Waals surface area contributed by atoms with Crippen LogP contribution in [0.15, 0.2) is 46.9 Å². The summed E-state index contributed by atoms with van der Waals surface area (Å²) in [6.07, 6.45) is 1.06. The lowest BCUT2D eigenvalue weighted by atomic mass is 9.92. The molecule has 2 N–H and O–H groups in total. The average Bonchev–Trinajstić information content (AvgIpc) is 3.02. The van der Waals surface area contributed by atoms with Crippen molar-refractivity contribution >= 4 is 15.9 Å². The molecule has 1 heterocycles. The van der Waals surface area contributed by atoms with Gasteiger partial charge in [-0.25, -0.2) is 13.1 Å². The van der Waals surface area contributed by atoms with E-state index in [4.69, 9.17) is 9.15 Å². The number of hydrogen-bond acceptors (Lipinski definition) is 5. The number of furan rings is 1. The van der Waals surface area contributed by atoms with Gasteiger partial charge in [0, 0.05) is 7.11 Å². The van der Waals surface area contributed by atoms with E-state index in [0.717, 1.165) is 11.8 Å². The molecule has 1 atom stereocenters.